The summed E-state index contributed by atoms with van der Waals surface area (Å²) in [6.07, 6.45) is 2.39. The zero-order valence-electron chi connectivity index (χ0n) is 11.1. The zero-order valence-corrected chi connectivity index (χ0v) is 11.1. The monoisotopic (exact) mass is 269 g/mol. The number of nitrogens with zero attached hydrogens (tertiary/aromatic N) is 2. The Hall–Kier alpha value is -1.89. The molecule has 0 aliphatic heterocycles. The Morgan fingerprint density at radius 3 is 2.84 bits per heavy atom. The van der Waals surface area contributed by atoms with E-state index in [9.17, 15) is 9.59 Å². The van der Waals surface area contributed by atoms with Gasteiger partial charge in [-0.1, -0.05) is 0 Å². The van der Waals surface area contributed by atoms with Crippen molar-refractivity contribution in [3.05, 3.63) is 18.0 Å². The average Bonchev–Trinajstić information content (AvgIpc) is 2.76. The number of carboxylic acid groups (broad SMARTS) is 1. The van der Waals surface area contributed by atoms with Crippen molar-refractivity contribution >= 4 is 11.9 Å². The van der Waals surface area contributed by atoms with E-state index in [-0.39, 0.29) is 24.2 Å². The summed E-state index contributed by atoms with van der Waals surface area (Å²) >= 11 is 0. The third kappa shape index (κ3) is 6.01. The van der Waals surface area contributed by atoms with Gasteiger partial charge in [-0.05, 0) is 26.3 Å². The van der Waals surface area contributed by atoms with Gasteiger partial charge in [0.05, 0.1) is 6.10 Å². The maximum absolute atomic E-state index is 11.5. The summed E-state index contributed by atoms with van der Waals surface area (Å²) in [7, 11) is 0. The summed E-state index contributed by atoms with van der Waals surface area (Å²) in [6.45, 7) is 5.05. The van der Waals surface area contributed by atoms with Crippen molar-refractivity contribution in [3.8, 4) is 0 Å². The quantitative estimate of drug-likeness (QED) is 0.671. The number of carbonyl (C=O) groups is 2. The fourth-order valence-corrected chi connectivity index (χ4v) is 1.39. The summed E-state index contributed by atoms with van der Waals surface area (Å²) in [5.74, 6) is -1.31. The number of carboxylic acids is 1. The van der Waals surface area contributed by atoms with Crippen LogP contribution in [-0.2, 0) is 16.1 Å². The fourth-order valence-electron chi connectivity index (χ4n) is 1.39. The highest BCUT2D eigenvalue weighted by atomic mass is 16.5. The second kappa shape index (κ2) is 7.52. The molecule has 0 unspecified atom stereocenters. The molecule has 0 aliphatic carbocycles. The van der Waals surface area contributed by atoms with Gasteiger partial charge in [-0.3, -0.25) is 9.48 Å². The van der Waals surface area contributed by atoms with Crippen molar-refractivity contribution in [3.63, 3.8) is 0 Å². The predicted molar refractivity (Wildman–Crippen MR) is 67.9 cm³/mol. The molecule has 106 valence electrons. The van der Waals surface area contributed by atoms with Gasteiger partial charge in [0.25, 0.3) is 0 Å². The maximum Gasteiger partial charge on any atom is 0.356 e. The fraction of sp³-hybridized carbons (Fsp3) is 0.583. The minimum absolute atomic E-state index is 0.0122. The topological polar surface area (TPSA) is 93.5 Å². The van der Waals surface area contributed by atoms with E-state index in [1.807, 2.05) is 13.8 Å². The number of carbonyl (C=O) groups excluding carboxylic acids is 1. The van der Waals surface area contributed by atoms with Crippen LogP contribution < -0.4 is 5.32 Å². The standard InChI is InChI=1S/C12H19N3O4/c1-9(2)19-7-3-5-13-11(16)8-15-6-4-10(14-15)12(17)18/h4,6,9H,3,5,7-8H2,1-2H3,(H,13,16)(H,17,18). The van der Waals surface area contributed by atoms with Crippen molar-refractivity contribution in [2.45, 2.75) is 32.9 Å². The van der Waals surface area contributed by atoms with Gasteiger partial charge in [-0.2, -0.15) is 5.10 Å². The molecule has 1 rings (SSSR count). The van der Waals surface area contributed by atoms with Gasteiger partial charge in [0.1, 0.15) is 6.54 Å². The van der Waals surface area contributed by atoms with Gasteiger partial charge in [-0.15, -0.1) is 0 Å². The highest BCUT2D eigenvalue weighted by Crippen LogP contribution is 1.95. The van der Waals surface area contributed by atoms with Crippen LogP contribution in [0.1, 0.15) is 30.8 Å². The molecule has 0 fully saturated rings. The van der Waals surface area contributed by atoms with Gasteiger partial charge in [-0.25, -0.2) is 4.79 Å². The number of aromatic carboxylic acids is 1. The van der Waals surface area contributed by atoms with Crippen LogP contribution in [0.5, 0.6) is 0 Å². The molecule has 1 heterocycles. The Morgan fingerprint density at radius 2 is 2.26 bits per heavy atom. The number of rotatable bonds is 8. The lowest BCUT2D eigenvalue weighted by atomic mass is 10.4. The van der Waals surface area contributed by atoms with Crippen LogP contribution in [-0.4, -0.2) is 46.0 Å². The number of nitrogens with one attached hydrogen (secondary N) is 1. The van der Waals surface area contributed by atoms with Crippen molar-refractivity contribution < 1.29 is 19.4 Å². The Morgan fingerprint density at radius 1 is 1.53 bits per heavy atom. The Kier molecular flexibility index (Phi) is 6.01. The molecular weight excluding hydrogens is 250 g/mol. The van der Waals surface area contributed by atoms with Crippen LogP contribution in [0.3, 0.4) is 0 Å². The van der Waals surface area contributed by atoms with Gasteiger partial charge < -0.3 is 15.2 Å². The molecular formula is C12H19N3O4. The van der Waals surface area contributed by atoms with Crippen molar-refractivity contribution in [2.75, 3.05) is 13.2 Å². The van der Waals surface area contributed by atoms with Crippen molar-refractivity contribution in [1.82, 2.24) is 15.1 Å². The lowest BCUT2D eigenvalue weighted by Gasteiger charge is -2.08. The van der Waals surface area contributed by atoms with Crippen LogP contribution >= 0.6 is 0 Å². The van der Waals surface area contributed by atoms with Gasteiger partial charge >= 0.3 is 5.97 Å². The van der Waals surface area contributed by atoms with Crippen molar-refractivity contribution in [2.24, 2.45) is 0 Å². The summed E-state index contributed by atoms with van der Waals surface area (Å²) < 4.78 is 6.63. The third-order valence-corrected chi connectivity index (χ3v) is 2.26. The molecule has 7 heteroatoms. The first-order valence-electron chi connectivity index (χ1n) is 6.14. The van der Waals surface area contributed by atoms with Gasteiger partial charge in [0, 0.05) is 19.3 Å². The van der Waals surface area contributed by atoms with Gasteiger partial charge in [0.15, 0.2) is 5.69 Å². The molecule has 0 spiro atoms. The molecule has 0 aromatic carbocycles. The molecule has 0 atom stereocenters. The van der Waals surface area contributed by atoms with E-state index in [1.165, 1.54) is 16.9 Å². The van der Waals surface area contributed by atoms with E-state index in [2.05, 4.69) is 10.4 Å². The first-order chi connectivity index (χ1) is 8.99. The summed E-state index contributed by atoms with van der Waals surface area (Å²) in [5, 5.41) is 15.2. The number of ether oxygens (including phenoxy) is 1. The lowest BCUT2D eigenvalue weighted by molar-refractivity contribution is -0.121. The zero-order chi connectivity index (χ0) is 14.3. The summed E-state index contributed by atoms with van der Waals surface area (Å²) in [6, 6.07) is 1.35. The van der Waals surface area contributed by atoms with E-state index < -0.39 is 5.97 Å². The molecule has 1 aromatic rings. The SMILES string of the molecule is CC(C)OCCCNC(=O)Cn1ccc(C(=O)O)n1. The highest BCUT2D eigenvalue weighted by Gasteiger charge is 2.08. The minimum Gasteiger partial charge on any atom is -0.476 e. The Bertz CT molecular complexity index is 428. The van der Waals surface area contributed by atoms with Gasteiger partial charge in [0.2, 0.25) is 5.91 Å². The smallest absolute Gasteiger partial charge is 0.356 e. The largest absolute Gasteiger partial charge is 0.476 e. The molecule has 19 heavy (non-hydrogen) atoms. The number of aromatic nitrogens is 2. The molecule has 0 radical (unpaired) electrons. The van der Waals surface area contributed by atoms with E-state index >= 15 is 0 Å². The molecule has 0 saturated carbocycles. The Labute approximate surface area is 111 Å². The molecule has 7 nitrogen and oxygen atoms in total. The number of hydrogen-bond acceptors (Lipinski definition) is 4. The molecule has 0 aliphatic rings. The van der Waals surface area contributed by atoms with E-state index in [1.54, 1.807) is 0 Å². The third-order valence-electron chi connectivity index (χ3n) is 2.26. The second-order valence-corrected chi connectivity index (χ2v) is 4.33. The van der Waals surface area contributed by atoms with Crippen LogP contribution in [0.2, 0.25) is 0 Å². The maximum atomic E-state index is 11.5. The lowest BCUT2D eigenvalue weighted by Crippen LogP contribution is -2.29. The van der Waals surface area contributed by atoms with E-state index in [0.29, 0.717) is 13.2 Å². The minimum atomic E-state index is -1.11. The first kappa shape index (κ1) is 15.2. The molecule has 1 aromatic heterocycles. The summed E-state index contributed by atoms with van der Waals surface area (Å²) in [5.41, 5.74) is -0.0712. The van der Waals surface area contributed by atoms with Crippen LogP contribution in [0, 0.1) is 0 Å². The number of amides is 1. The molecule has 0 bridgehead atoms. The van der Waals surface area contributed by atoms with Crippen molar-refractivity contribution in [1.29, 1.82) is 0 Å². The van der Waals surface area contributed by atoms with Crippen LogP contribution in [0.25, 0.3) is 0 Å². The second-order valence-electron chi connectivity index (χ2n) is 4.33. The van der Waals surface area contributed by atoms with Crippen LogP contribution in [0.15, 0.2) is 12.3 Å². The molecule has 1 amide bonds. The summed E-state index contributed by atoms with van der Waals surface area (Å²) in [4.78, 5) is 22.1. The van der Waals surface area contributed by atoms with E-state index in [0.717, 1.165) is 6.42 Å². The molecule has 0 saturated heterocycles. The Balaban J connectivity index is 2.21. The van der Waals surface area contributed by atoms with E-state index in [4.69, 9.17) is 9.84 Å². The van der Waals surface area contributed by atoms with Crippen LogP contribution in [0.4, 0.5) is 0 Å². The normalized spacial score (nSPS) is 10.7. The number of hydrogen-bond donors (Lipinski definition) is 2. The average molecular weight is 269 g/mol. The highest BCUT2D eigenvalue weighted by molar-refractivity contribution is 5.85. The first-order valence-corrected chi connectivity index (χ1v) is 6.14. The molecule has 2 N–H and O–H groups in total. The predicted octanol–water partition coefficient (Wildman–Crippen LogP) is 0.513.